The molecule has 1 aliphatic carbocycles. The van der Waals surface area contributed by atoms with Crippen molar-refractivity contribution in [3.05, 3.63) is 29.3 Å². The fourth-order valence-corrected chi connectivity index (χ4v) is 3.15. The molecule has 0 saturated heterocycles. The predicted octanol–water partition coefficient (Wildman–Crippen LogP) is 4.65. The smallest absolute Gasteiger partial charge is 0.341 e. The van der Waals surface area contributed by atoms with E-state index in [0.717, 1.165) is 30.9 Å². The molecule has 1 aromatic rings. The van der Waals surface area contributed by atoms with E-state index in [1.54, 1.807) is 0 Å². The van der Waals surface area contributed by atoms with Crippen LogP contribution in [0.2, 0.25) is 0 Å². The predicted molar refractivity (Wildman–Crippen MR) is 79.2 cm³/mol. The topological polar surface area (TPSA) is 46.5 Å². The first-order valence-corrected chi connectivity index (χ1v) is 7.86. The van der Waals surface area contributed by atoms with E-state index < -0.39 is 23.2 Å². The summed E-state index contributed by atoms with van der Waals surface area (Å²) in [6, 6.07) is 1.88. The second-order valence-corrected chi connectivity index (χ2v) is 6.05. The van der Waals surface area contributed by atoms with Crippen LogP contribution in [-0.4, -0.2) is 17.7 Å². The molecule has 0 unspecified atom stereocenters. The summed E-state index contributed by atoms with van der Waals surface area (Å²) in [5, 5.41) is 8.72. The van der Waals surface area contributed by atoms with Crippen molar-refractivity contribution in [3.8, 4) is 5.75 Å². The number of carbonyl (C=O) groups is 1. The molecule has 1 aliphatic rings. The van der Waals surface area contributed by atoms with Crippen molar-refractivity contribution in [2.24, 2.45) is 11.8 Å². The molecule has 0 amide bonds. The average molecular weight is 312 g/mol. The van der Waals surface area contributed by atoms with Gasteiger partial charge in [0.25, 0.3) is 0 Å². The van der Waals surface area contributed by atoms with Gasteiger partial charge in [-0.1, -0.05) is 32.6 Å². The third kappa shape index (κ3) is 4.18. The third-order valence-corrected chi connectivity index (χ3v) is 4.38. The van der Waals surface area contributed by atoms with Gasteiger partial charge in [-0.15, -0.1) is 0 Å². The Kier molecular flexibility index (Phi) is 5.75. The molecule has 0 radical (unpaired) electrons. The average Bonchev–Trinajstić information content (AvgIpc) is 2.46. The minimum absolute atomic E-state index is 0.0516. The molecule has 0 heterocycles. The van der Waals surface area contributed by atoms with E-state index in [9.17, 15) is 13.6 Å². The highest BCUT2D eigenvalue weighted by atomic mass is 19.1. The van der Waals surface area contributed by atoms with Gasteiger partial charge in [0.15, 0.2) is 0 Å². The quantitative estimate of drug-likeness (QED) is 0.832. The van der Waals surface area contributed by atoms with Gasteiger partial charge in [-0.2, -0.15) is 0 Å². The number of carboxylic acid groups (broad SMARTS) is 1. The van der Waals surface area contributed by atoms with Crippen LogP contribution in [0.4, 0.5) is 8.78 Å². The first kappa shape index (κ1) is 16.7. The van der Waals surface area contributed by atoms with Gasteiger partial charge in [0.05, 0.1) is 6.61 Å². The summed E-state index contributed by atoms with van der Waals surface area (Å²) in [6.45, 7) is 2.61. The highest BCUT2D eigenvalue weighted by Gasteiger charge is 2.22. The Hall–Kier alpha value is -1.65. The Balaban J connectivity index is 1.89. The molecule has 1 N–H and O–H groups in total. The van der Waals surface area contributed by atoms with Gasteiger partial charge in [0, 0.05) is 12.1 Å². The molecule has 1 aromatic carbocycles. The molecule has 0 atom stereocenters. The van der Waals surface area contributed by atoms with Crippen LogP contribution in [0.1, 0.15) is 55.8 Å². The van der Waals surface area contributed by atoms with Crippen LogP contribution in [0.5, 0.6) is 5.75 Å². The summed E-state index contributed by atoms with van der Waals surface area (Å²) in [5.74, 6) is -2.57. The van der Waals surface area contributed by atoms with Crippen LogP contribution in [0.15, 0.2) is 12.1 Å². The molecule has 122 valence electrons. The van der Waals surface area contributed by atoms with Crippen molar-refractivity contribution in [1.29, 1.82) is 0 Å². The van der Waals surface area contributed by atoms with E-state index in [0.29, 0.717) is 12.5 Å². The number of hydrogen-bond acceptors (Lipinski definition) is 2. The molecule has 3 nitrogen and oxygen atoms in total. The highest BCUT2D eigenvalue weighted by Crippen LogP contribution is 2.32. The number of carboxylic acids is 1. The van der Waals surface area contributed by atoms with Gasteiger partial charge < -0.3 is 9.84 Å². The van der Waals surface area contributed by atoms with Gasteiger partial charge in [0.2, 0.25) is 0 Å². The van der Waals surface area contributed by atoms with Gasteiger partial charge in [-0.05, 0) is 24.7 Å². The lowest BCUT2D eigenvalue weighted by atomic mass is 9.80. The second kappa shape index (κ2) is 7.56. The SMILES string of the molecule is CCCC1CCC(COc2cc(F)c(C(=O)O)c(F)c2)CC1. The Morgan fingerprint density at radius 3 is 2.23 bits per heavy atom. The summed E-state index contributed by atoms with van der Waals surface area (Å²) in [7, 11) is 0. The van der Waals surface area contributed by atoms with E-state index >= 15 is 0 Å². The highest BCUT2D eigenvalue weighted by molar-refractivity contribution is 5.88. The molecule has 22 heavy (non-hydrogen) atoms. The summed E-state index contributed by atoms with van der Waals surface area (Å²) >= 11 is 0. The normalized spacial score (nSPS) is 21.6. The lowest BCUT2D eigenvalue weighted by Crippen LogP contribution is -2.20. The van der Waals surface area contributed by atoms with Crippen LogP contribution in [0, 0.1) is 23.5 Å². The maximum absolute atomic E-state index is 13.6. The monoisotopic (exact) mass is 312 g/mol. The van der Waals surface area contributed by atoms with Crippen LogP contribution in [0.3, 0.4) is 0 Å². The summed E-state index contributed by atoms with van der Waals surface area (Å²) < 4.78 is 32.6. The van der Waals surface area contributed by atoms with E-state index in [1.807, 2.05) is 0 Å². The maximum atomic E-state index is 13.6. The van der Waals surface area contributed by atoms with Crippen molar-refractivity contribution < 1.29 is 23.4 Å². The fourth-order valence-electron chi connectivity index (χ4n) is 3.15. The molecule has 5 heteroatoms. The molecule has 2 rings (SSSR count). The zero-order valence-corrected chi connectivity index (χ0v) is 12.8. The van der Waals surface area contributed by atoms with Gasteiger partial charge in [-0.3, -0.25) is 0 Å². The molecule has 1 saturated carbocycles. The molecule has 1 fully saturated rings. The molecular formula is C17H22F2O3. The van der Waals surface area contributed by atoms with Crippen molar-refractivity contribution in [2.45, 2.75) is 45.4 Å². The Labute approximate surface area is 129 Å². The maximum Gasteiger partial charge on any atom is 0.341 e. The number of hydrogen-bond donors (Lipinski definition) is 1. The third-order valence-electron chi connectivity index (χ3n) is 4.38. The summed E-state index contributed by atoms with van der Waals surface area (Å²) in [4.78, 5) is 10.7. The van der Waals surface area contributed by atoms with Crippen molar-refractivity contribution in [1.82, 2.24) is 0 Å². The second-order valence-electron chi connectivity index (χ2n) is 6.05. The lowest BCUT2D eigenvalue weighted by Gasteiger charge is -2.28. The standard InChI is InChI=1S/C17H22F2O3/c1-2-3-11-4-6-12(7-5-11)10-22-13-8-14(18)16(17(20)21)15(19)9-13/h8-9,11-12H,2-7,10H2,1H3,(H,20,21). The number of benzene rings is 1. The molecule has 0 bridgehead atoms. The molecule has 0 aliphatic heterocycles. The molecular weight excluding hydrogens is 290 g/mol. The first-order chi connectivity index (χ1) is 10.5. The van der Waals surface area contributed by atoms with Crippen molar-refractivity contribution in [2.75, 3.05) is 6.61 Å². The van der Waals surface area contributed by atoms with Crippen LogP contribution >= 0.6 is 0 Å². The van der Waals surface area contributed by atoms with E-state index in [1.165, 1.54) is 25.7 Å². The minimum Gasteiger partial charge on any atom is -0.493 e. The molecule has 0 spiro atoms. The van der Waals surface area contributed by atoms with E-state index in [4.69, 9.17) is 9.84 Å². The zero-order chi connectivity index (χ0) is 16.1. The van der Waals surface area contributed by atoms with Crippen LogP contribution in [0.25, 0.3) is 0 Å². The number of aromatic carboxylic acids is 1. The van der Waals surface area contributed by atoms with Gasteiger partial charge in [-0.25, -0.2) is 13.6 Å². The fraction of sp³-hybridized carbons (Fsp3) is 0.588. The van der Waals surface area contributed by atoms with Crippen molar-refractivity contribution >= 4 is 5.97 Å². The summed E-state index contributed by atoms with van der Waals surface area (Å²) in [6.07, 6.45) is 6.98. The van der Waals surface area contributed by atoms with Crippen LogP contribution < -0.4 is 4.74 Å². The first-order valence-electron chi connectivity index (χ1n) is 7.86. The number of ether oxygens (including phenoxy) is 1. The number of rotatable bonds is 6. The minimum atomic E-state index is -1.62. The molecule has 0 aromatic heterocycles. The Morgan fingerprint density at radius 2 is 1.73 bits per heavy atom. The number of halogens is 2. The van der Waals surface area contributed by atoms with E-state index in [-0.39, 0.29) is 5.75 Å². The van der Waals surface area contributed by atoms with Crippen molar-refractivity contribution in [3.63, 3.8) is 0 Å². The van der Waals surface area contributed by atoms with Crippen LogP contribution in [-0.2, 0) is 0 Å². The zero-order valence-electron chi connectivity index (χ0n) is 12.8. The lowest BCUT2D eigenvalue weighted by molar-refractivity contribution is 0.0686. The Bertz CT molecular complexity index is 500. The Morgan fingerprint density at radius 1 is 1.18 bits per heavy atom. The largest absolute Gasteiger partial charge is 0.493 e. The van der Waals surface area contributed by atoms with E-state index in [2.05, 4.69) is 6.92 Å². The summed E-state index contributed by atoms with van der Waals surface area (Å²) in [5.41, 5.74) is -0.938. The van der Waals surface area contributed by atoms with Gasteiger partial charge in [0.1, 0.15) is 22.9 Å². The van der Waals surface area contributed by atoms with Gasteiger partial charge >= 0.3 is 5.97 Å².